The number of hydrogen-bond donors (Lipinski definition) is 0. The molecule has 18 heavy (non-hydrogen) atoms. The van der Waals surface area contributed by atoms with E-state index >= 15 is 0 Å². The Morgan fingerprint density at radius 3 is 2.39 bits per heavy atom. The summed E-state index contributed by atoms with van der Waals surface area (Å²) in [5.41, 5.74) is 0.489. The summed E-state index contributed by atoms with van der Waals surface area (Å²) in [6.07, 6.45) is 3.57. The molecule has 0 unspecified atom stereocenters. The lowest BCUT2D eigenvalue weighted by Crippen LogP contribution is -2.57. The van der Waals surface area contributed by atoms with E-state index in [4.69, 9.17) is 23.2 Å². The van der Waals surface area contributed by atoms with E-state index in [2.05, 4.69) is 0 Å². The molecule has 0 aliphatic heterocycles. The zero-order valence-corrected chi connectivity index (χ0v) is 11.2. The quantitative estimate of drug-likeness (QED) is 0.777. The summed E-state index contributed by atoms with van der Waals surface area (Å²) in [6, 6.07) is 10.4. The van der Waals surface area contributed by atoms with Crippen molar-refractivity contribution < 1.29 is 9.47 Å². The zero-order chi connectivity index (χ0) is 13.1. The average molecular weight is 282 g/mol. The molecule has 2 aromatic rings. The van der Waals surface area contributed by atoms with Gasteiger partial charge in [-0.05, 0) is 18.2 Å². The molecule has 0 radical (unpaired) electrons. The molecule has 92 valence electrons. The molecule has 0 atom stereocenters. The van der Waals surface area contributed by atoms with Crippen LogP contribution < -0.4 is 9.69 Å². The fraction of sp³-hybridized carbons (Fsp3) is 0.0769. The first-order valence-corrected chi connectivity index (χ1v) is 6.05. The highest BCUT2D eigenvalue weighted by atomic mass is 35.5. The molecule has 3 nitrogen and oxygen atoms in total. The van der Waals surface area contributed by atoms with Crippen LogP contribution in [0.4, 0.5) is 0 Å². The van der Waals surface area contributed by atoms with Crippen LogP contribution in [-0.4, -0.2) is 13.0 Å². The van der Waals surface area contributed by atoms with Crippen LogP contribution in [0, 0.1) is 0 Å². The van der Waals surface area contributed by atoms with Gasteiger partial charge in [0.05, 0.1) is 17.1 Å². The van der Waals surface area contributed by atoms with Crippen LogP contribution in [0.1, 0.15) is 10.4 Å². The molecule has 1 heterocycles. The van der Waals surface area contributed by atoms with Crippen LogP contribution in [0.25, 0.3) is 0 Å². The van der Waals surface area contributed by atoms with Gasteiger partial charge < -0.3 is 0 Å². The zero-order valence-electron chi connectivity index (χ0n) is 9.68. The summed E-state index contributed by atoms with van der Waals surface area (Å²) in [7, 11) is 1.69. The van der Waals surface area contributed by atoms with E-state index < -0.39 is 0 Å². The Balaban J connectivity index is 2.29. The van der Waals surface area contributed by atoms with Crippen molar-refractivity contribution in [2.45, 2.75) is 0 Å². The topological polar surface area (TPSA) is 24.2 Å². The maximum atomic E-state index is 12.2. The van der Waals surface area contributed by atoms with Gasteiger partial charge in [0.15, 0.2) is 12.4 Å². The van der Waals surface area contributed by atoms with E-state index in [1.165, 1.54) is 5.01 Å². The Morgan fingerprint density at radius 1 is 1.11 bits per heavy atom. The minimum atomic E-state index is -0.162. The number of nitrogens with zero attached hydrogens (tertiary/aromatic N) is 2. The second-order valence-electron chi connectivity index (χ2n) is 3.71. The van der Waals surface area contributed by atoms with Gasteiger partial charge in [-0.25, -0.2) is 0 Å². The Bertz CT molecular complexity index is 572. The Labute approximate surface area is 115 Å². The summed E-state index contributed by atoms with van der Waals surface area (Å²) in [4.78, 5) is 12.2. The van der Waals surface area contributed by atoms with Crippen molar-refractivity contribution in [1.29, 1.82) is 0 Å². The highest BCUT2D eigenvalue weighted by molar-refractivity contribution is 6.42. The molecule has 0 bridgehead atoms. The van der Waals surface area contributed by atoms with Gasteiger partial charge in [-0.1, -0.05) is 33.9 Å². The van der Waals surface area contributed by atoms with Gasteiger partial charge in [0, 0.05) is 17.7 Å². The molecule has 5 heteroatoms. The largest absolute Gasteiger partial charge is 0.308 e. The van der Waals surface area contributed by atoms with Gasteiger partial charge in [0.25, 0.3) is 0 Å². The Morgan fingerprint density at radius 2 is 1.78 bits per heavy atom. The fourth-order valence-electron chi connectivity index (χ4n) is 1.51. The molecule has 1 amide bonds. The number of halogens is 2. The third-order valence-electron chi connectivity index (χ3n) is 2.51. The van der Waals surface area contributed by atoms with Gasteiger partial charge in [-0.2, -0.15) is 0 Å². The maximum absolute atomic E-state index is 12.2. The minimum Gasteiger partial charge on any atom is -0.263 e. The predicted molar refractivity (Wildman–Crippen MR) is 71.6 cm³/mol. The smallest absolute Gasteiger partial charge is 0.263 e. The van der Waals surface area contributed by atoms with E-state index in [-0.39, 0.29) is 5.91 Å². The predicted octanol–water partition coefficient (Wildman–Crippen LogP) is 2.69. The Hall–Kier alpha value is -1.58. The van der Waals surface area contributed by atoms with Crippen molar-refractivity contribution in [2.24, 2.45) is 0 Å². The first-order valence-electron chi connectivity index (χ1n) is 5.29. The van der Waals surface area contributed by atoms with E-state index in [1.54, 1.807) is 42.3 Å². The Kier molecular flexibility index (Phi) is 3.84. The number of rotatable bonds is 2. The number of carbonyl (C=O) groups excluding carboxylic acids is 1. The van der Waals surface area contributed by atoms with Crippen molar-refractivity contribution in [3.63, 3.8) is 0 Å². The van der Waals surface area contributed by atoms with Gasteiger partial charge in [0.1, 0.15) is 0 Å². The molecule has 0 saturated carbocycles. The lowest BCUT2D eigenvalue weighted by atomic mass is 10.2. The number of pyridine rings is 1. The molecule has 1 aromatic heterocycles. The van der Waals surface area contributed by atoms with E-state index in [1.807, 2.05) is 18.2 Å². The van der Waals surface area contributed by atoms with Gasteiger partial charge >= 0.3 is 5.91 Å². The van der Waals surface area contributed by atoms with E-state index in [0.29, 0.717) is 15.6 Å². The highest BCUT2D eigenvalue weighted by Gasteiger charge is 2.19. The SMILES string of the molecule is CN(C(=O)c1ccc(Cl)c(Cl)c1)[n+]1ccccc1. The average Bonchev–Trinajstić information content (AvgIpc) is 2.41. The maximum Gasteiger partial charge on any atom is 0.308 e. The monoisotopic (exact) mass is 281 g/mol. The molecule has 0 N–H and O–H groups in total. The summed E-state index contributed by atoms with van der Waals surface area (Å²) >= 11 is 11.7. The third kappa shape index (κ3) is 2.63. The lowest BCUT2D eigenvalue weighted by Gasteiger charge is -2.10. The highest BCUT2D eigenvalue weighted by Crippen LogP contribution is 2.22. The standard InChI is InChI=1S/C13H11Cl2N2O/c1-16(17-7-3-2-4-8-17)13(18)10-5-6-11(14)12(15)9-10/h2-9H,1H3/q+1. The number of carbonyl (C=O) groups is 1. The number of benzene rings is 1. The van der Waals surface area contributed by atoms with Crippen molar-refractivity contribution in [3.8, 4) is 0 Å². The van der Waals surface area contributed by atoms with E-state index in [0.717, 1.165) is 0 Å². The van der Waals surface area contributed by atoms with Gasteiger partial charge in [-0.15, -0.1) is 5.01 Å². The van der Waals surface area contributed by atoms with Crippen LogP contribution >= 0.6 is 23.2 Å². The van der Waals surface area contributed by atoms with E-state index in [9.17, 15) is 4.79 Å². The van der Waals surface area contributed by atoms with Crippen LogP contribution in [0.5, 0.6) is 0 Å². The minimum absolute atomic E-state index is 0.162. The molecule has 0 aliphatic rings. The first kappa shape index (κ1) is 12.9. The third-order valence-corrected chi connectivity index (χ3v) is 3.25. The van der Waals surface area contributed by atoms with Crippen molar-refractivity contribution >= 4 is 29.1 Å². The molecule has 2 rings (SSSR count). The number of hydrogen-bond acceptors (Lipinski definition) is 1. The fourth-order valence-corrected chi connectivity index (χ4v) is 1.81. The molecule has 0 fully saturated rings. The van der Waals surface area contributed by atoms with Crippen molar-refractivity contribution in [2.75, 3.05) is 12.1 Å². The van der Waals surface area contributed by atoms with Crippen molar-refractivity contribution in [1.82, 2.24) is 0 Å². The molecular formula is C13H11Cl2N2O+. The second kappa shape index (κ2) is 5.38. The van der Waals surface area contributed by atoms with Crippen molar-refractivity contribution in [3.05, 3.63) is 64.4 Å². The van der Waals surface area contributed by atoms with Crippen LogP contribution in [0.3, 0.4) is 0 Å². The summed E-state index contributed by atoms with van der Waals surface area (Å²) < 4.78 is 1.69. The second-order valence-corrected chi connectivity index (χ2v) is 4.53. The van der Waals surface area contributed by atoms with Gasteiger partial charge in [0.2, 0.25) is 0 Å². The normalized spacial score (nSPS) is 10.2. The van der Waals surface area contributed by atoms with Gasteiger partial charge in [-0.3, -0.25) is 4.79 Å². The molecule has 1 aromatic carbocycles. The summed E-state index contributed by atoms with van der Waals surface area (Å²) in [5.74, 6) is -0.162. The molecular weight excluding hydrogens is 271 g/mol. The molecule has 0 spiro atoms. The number of aromatic nitrogens is 1. The molecule has 0 aliphatic carbocycles. The lowest BCUT2D eigenvalue weighted by molar-refractivity contribution is -0.679. The summed E-state index contributed by atoms with van der Waals surface area (Å²) in [5, 5.41) is 2.29. The number of amides is 1. The van der Waals surface area contributed by atoms with Crippen LogP contribution in [0.15, 0.2) is 48.8 Å². The molecule has 0 saturated heterocycles. The van der Waals surface area contributed by atoms with Crippen LogP contribution in [0.2, 0.25) is 10.0 Å². The summed E-state index contributed by atoms with van der Waals surface area (Å²) in [6.45, 7) is 0. The van der Waals surface area contributed by atoms with Crippen LogP contribution in [-0.2, 0) is 0 Å². The first-order chi connectivity index (χ1) is 8.59.